The Morgan fingerprint density at radius 3 is 2.21 bits per heavy atom. The van der Waals surface area contributed by atoms with Gasteiger partial charge in [-0.15, -0.1) is 0 Å². The van der Waals surface area contributed by atoms with E-state index in [1.54, 1.807) is 7.11 Å². The monoisotopic (exact) mass is 255 g/mol. The van der Waals surface area contributed by atoms with Crippen molar-refractivity contribution in [2.45, 2.75) is 19.4 Å². The van der Waals surface area contributed by atoms with E-state index in [9.17, 15) is 0 Å². The lowest BCUT2D eigenvalue weighted by atomic mass is 10.1. The zero-order chi connectivity index (χ0) is 13.5. The number of methoxy groups -OCH3 is 1. The first-order chi connectivity index (χ1) is 9.29. The molecule has 0 aliphatic heterocycles. The van der Waals surface area contributed by atoms with E-state index < -0.39 is 0 Å². The van der Waals surface area contributed by atoms with Gasteiger partial charge in [-0.25, -0.2) is 0 Å². The van der Waals surface area contributed by atoms with Crippen LogP contribution in [0.25, 0.3) is 11.1 Å². The van der Waals surface area contributed by atoms with Gasteiger partial charge in [0.1, 0.15) is 0 Å². The fourth-order valence-electron chi connectivity index (χ4n) is 2.04. The molecule has 0 amide bonds. The third kappa shape index (κ3) is 4.11. The summed E-state index contributed by atoms with van der Waals surface area (Å²) in [6.45, 7) is 2.96. The molecule has 0 fully saturated rings. The van der Waals surface area contributed by atoms with Crippen molar-refractivity contribution in [3.8, 4) is 11.1 Å². The van der Waals surface area contributed by atoms with E-state index in [4.69, 9.17) is 4.74 Å². The molecule has 2 heteroatoms. The molecule has 2 rings (SSSR count). The number of rotatable bonds is 6. The molecule has 0 spiro atoms. The van der Waals surface area contributed by atoms with E-state index in [2.05, 4.69) is 60.8 Å². The average molecular weight is 255 g/mol. The number of benzene rings is 2. The Morgan fingerprint density at radius 2 is 1.58 bits per heavy atom. The van der Waals surface area contributed by atoms with Gasteiger partial charge in [-0.1, -0.05) is 42.5 Å². The molecule has 0 radical (unpaired) electrons. The van der Waals surface area contributed by atoms with Gasteiger partial charge in [-0.3, -0.25) is 0 Å². The second-order valence-electron chi connectivity index (χ2n) is 4.77. The number of ether oxygens (including phenoxy) is 1. The summed E-state index contributed by atoms with van der Waals surface area (Å²) in [5, 5.41) is 3.48. The van der Waals surface area contributed by atoms with E-state index in [0.717, 1.165) is 18.7 Å². The summed E-state index contributed by atoms with van der Waals surface area (Å²) in [6, 6.07) is 19.4. The van der Waals surface area contributed by atoms with Crippen LogP contribution in [-0.4, -0.2) is 19.8 Å². The van der Waals surface area contributed by atoms with E-state index in [1.807, 2.05) is 6.07 Å². The van der Waals surface area contributed by atoms with Crippen molar-refractivity contribution in [3.63, 3.8) is 0 Å². The lowest BCUT2D eigenvalue weighted by Gasteiger charge is -2.15. The Labute approximate surface area is 115 Å². The van der Waals surface area contributed by atoms with Gasteiger partial charge in [0.05, 0.1) is 0 Å². The molecule has 0 bridgehead atoms. The molecule has 2 aromatic carbocycles. The number of anilines is 1. The van der Waals surface area contributed by atoms with Crippen LogP contribution in [0, 0.1) is 0 Å². The van der Waals surface area contributed by atoms with Crippen molar-refractivity contribution in [1.82, 2.24) is 0 Å². The molecule has 0 saturated heterocycles. The van der Waals surface area contributed by atoms with Crippen LogP contribution in [-0.2, 0) is 4.74 Å². The van der Waals surface area contributed by atoms with Gasteiger partial charge >= 0.3 is 0 Å². The first kappa shape index (κ1) is 13.6. The minimum Gasteiger partial charge on any atom is -0.385 e. The average Bonchev–Trinajstić information content (AvgIpc) is 2.47. The lowest BCUT2D eigenvalue weighted by molar-refractivity contribution is 0.191. The van der Waals surface area contributed by atoms with Gasteiger partial charge in [0.25, 0.3) is 0 Å². The Kier molecular flexibility index (Phi) is 4.99. The molecule has 0 aliphatic carbocycles. The highest BCUT2D eigenvalue weighted by atomic mass is 16.5. The summed E-state index contributed by atoms with van der Waals surface area (Å²) in [4.78, 5) is 0. The van der Waals surface area contributed by atoms with Gasteiger partial charge in [0.2, 0.25) is 0 Å². The Balaban J connectivity index is 1.99. The van der Waals surface area contributed by atoms with Crippen molar-refractivity contribution in [3.05, 3.63) is 54.6 Å². The van der Waals surface area contributed by atoms with Gasteiger partial charge < -0.3 is 10.1 Å². The Morgan fingerprint density at radius 1 is 0.947 bits per heavy atom. The molecule has 1 atom stereocenters. The van der Waals surface area contributed by atoms with Crippen LogP contribution in [0.4, 0.5) is 5.69 Å². The van der Waals surface area contributed by atoms with Gasteiger partial charge in [0.15, 0.2) is 0 Å². The van der Waals surface area contributed by atoms with Crippen LogP contribution in [0.1, 0.15) is 13.3 Å². The second kappa shape index (κ2) is 6.95. The van der Waals surface area contributed by atoms with E-state index in [-0.39, 0.29) is 0 Å². The quantitative estimate of drug-likeness (QED) is 0.835. The van der Waals surface area contributed by atoms with Crippen molar-refractivity contribution in [2.75, 3.05) is 19.0 Å². The predicted octanol–water partition coefficient (Wildman–Crippen LogP) is 4.19. The topological polar surface area (TPSA) is 21.3 Å². The summed E-state index contributed by atoms with van der Waals surface area (Å²) in [6.07, 6.45) is 1.01. The smallest absolute Gasteiger partial charge is 0.0481 e. The van der Waals surface area contributed by atoms with E-state index in [0.29, 0.717) is 6.04 Å². The standard InChI is InChI=1S/C17H21NO/c1-14(12-13-19-2)18-17-10-8-16(9-11-17)15-6-4-3-5-7-15/h3-11,14,18H,12-13H2,1-2H3. The molecule has 2 nitrogen and oxygen atoms in total. The third-order valence-electron chi connectivity index (χ3n) is 3.16. The van der Waals surface area contributed by atoms with Crippen LogP contribution >= 0.6 is 0 Å². The fourth-order valence-corrected chi connectivity index (χ4v) is 2.04. The molecule has 19 heavy (non-hydrogen) atoms. The lowest BCUT2D eigenvalue weighted by Crippen LogP contribution is -2.16. The van der Waals surface area contributed by atoms with E-state index in [1.165, 1.54) is 11.1 Å². The highest BCUT2D eigenvalue weighted by molar-refractivity contribution is 5.65. The first-order valence-electron chi connectivity index (χ1n) is 6.70. The molecule has 100 valence electrons. The van der Waals surface area contributed by atoms with Crippen LogP contribution in [0.3, 0.4) is 0 Å². The zero-order valence-corrected chi connectivity index (χ0v) is 11.6. The Bertz CT molecular complexity index is 478. The van der Waals surface area contributed by atoms with Crippen LogP contribution in [0.2, 0.25) is 0 Å². The molecule has 0 heterocycles. The minimum atomic E-state index is 0.419. The second-order valence-corrected chi connectivity index (χ2v) is 4.77. The zero-order valence-electron chi connectivity index (χ0n) is 11.6. The third-order valence-corrected chi connectivity index (χ3v) is 3.16. The largest absolute Gasteiger partial charge is 0.385 e. The van der Waals surface area contributed by atoms with Crippen LogP contribution in [0.15, 0.2) is 54.6 Å². The number of hydrogen-bond acceptors (Lipinski definition) is 2. The summed E-state index contributed by atoms with van der Waals surface area (Å²) in [7, 11) is 1.74. The molecule has 1 N–H and O–H groups in total. The SMILES string of the molecule is COCCC(C)Nc1ccc(-c2ccccc2)cc1. The molecule has 0 aromatic heterocycles. The van der Waals surface area contributed by atoms with Gasteiger partial charge in [0, 0.05) is 25.4 Å². The highest BCUT2D eigenvalue weighted by Gasteiger charge is 2.02. The normalized spacial score (nSPS) is 12.1. The molecule has 0 aliphatic rings. The van der Waals surface area contributed by atoms with E-state index >= 15 is 0 Å². The number of hydrogen-bond donors (Lipinski definition) is 1. The Hall–Kier alpha value is -1.80. The maximum Gasteiger partial charge on any atom is 0.0481 e. The summed E-state index contributed by atoms with van der Waals surface area (Å²) in [5.41, 5.74) is 3.65. The maximum absolute atomic E-state index is 5.09. The predicted molar refractivity (Wildman–Crippen MR) is 81.5 cm³/mol. The van der Waals surface area contributed by atoms with Crippen LogP contribution in [0.5, 0.6) is 0 Å². The molecular weight excluding hydrogens is 234 g/mol. The fraction of sp³-hybridized carbons (Fsp3) is 0.294. The van der Waals surface area contributed by atoms with Crippen molar-refractivity contribution in [1.29, 1.82) is 0 Å². The minimum absolute atomic E-state index is 0.419. The summed E-state index contributed by atoms with van der Waals surface area (Å²) in [5.74, 6) is 0. The van der Waals surface area contributed by atoms with Crippen LogP contribution < -0.4 is 5.32 Å². The van der Waals surface area contributed by atoms with Crippen molar-refractivity contribution < 1.29 is 4.74 Å². The molecule has 1 unspecified atom stereocenters. The summed E-state index contributed by atoms with van der Waals surface area (Å²) >= 11 is 0. The highest BCUT2D eigenvalue weighted by Crippen LogP contribution is 2.21. The van der Waals surface area contributed by atoms with Gasteiger partial charge in [-0.2, -0.15) is 0 Å². The molecular formula is C17H21NO. The molecule has 2 aromatic rings. The first-order valence-corrected chi connectivity index (χ1v) is 6.70. The maximum atomic E-state index is 5.09. The van der Waals surface area contributed by atoms with Crippen molar-refractivity contribution >= 4 is 5.69 Å². The summed E-state index contributed by atoms with van der Waals surface area (Å²) < 4.78 is 5.09. The molecule has 0 saturated carbocycles. The number of nitrogens with one attached hydrogen (secondary N) is 1. The van der Waals surface area contributed by atoms with Gasteiger partial charge in [-0.05, 0) is 36.6 Å². The van der Waals surface area contributed by atoms with Crippen molar-refractivity contribution in [2.24, 2.45) is 0 Å².